The number of hydrogen-bond donors (Lipinski definition) is 0. The van der Waals surface area contributed by atoms with E-state index < -0.39 is 0 Å². The first-order chi connectivity index (χ1) is 13.9. The standard InChI is InChI=1S/C26H43N2/c1-3-5-7-8-9-10-11-12-13-14-18-22-28-24-23-27(21-6-4-2)26(28)25-19-16-15-17-20-25/h15-17,19-20,23-24H,3-14,18,21-22H2,1-2H3/q+1. The molecule has 1 aromatic heterocycles. The molecule has 156 valence electrons. The van der Waals surface area contributed by atoms with Gasteiger partial charge in [-0.1, -0.05) is 96.3 Å². The van der Waals surface area contributed by atoms with Crippen molar-refractivity contribution in [1.29, 1.82) is 0 Å². The average molecular weight is 384 g/mol. The van der Waals surface area contributed by atoms with Crippen molar-refractivity contribution in [2.24, 2.45) is 0 Å². The van der Waals surface area contributed by atoms with E-state index in [-0.39, 0.29) is 0 Å². The largest absolute Gasteiger partial charge is 0.288 e. The summed E-state index contributed by atoms with van der Waals surface area (Å²) in [6.45, 7) is 6.82. The summed E-state index contributed by atoms with van der Waals surface area (Å²) in [5, 5.41) is 0. The van der Waals surface area contributed by atoms with Gasteiger partial charge in [0.25, 0.3) is 5.82 Å². The van der Waals surface area contributed by atoms with Crippen LogP contribution in [-0.4, -0.2) is 4.57 Å². The van der Waals surface area contributed by atoms with E-state index in [0.29, 0.717) is 0 Å². The fraction of sp³-hybridized carbons (Fsp3) is 0.654. The molecule has 0 N–H and O–H groups in total. The maximum absolute atomic E-state index is 2.47. The monoisotopic (exact) mass is 383 g/mol. The topological polar surface area (TPSA) is 8.81 Å². The molecular weight excluding hydrogens is 340 g/mol. The molecule has 0 fully saturated rings. The molecule has 0 bridgehead atoms. The summed E-state index contributed by atoms with van der Waals surface area (Å²) in [5.41, 5.74) is 1.34. The molecule has 1 aromatic carbocycles. The molecule has 0 saturated heterocycles. The highest BCUT2D eigenvalue weighted by molar-refractivity contribution is 5.52. The van der Waals surface area contributed by atoms with Crippen LogP contribution < -0.4 is 4.57 Å². The van der Waals surface area contributed by atoms with E-state index in [1.54, 1.807) is 0 Å². The van der Waals surface area contributed by atoms with Crippen LogP contribution in [0.25, 0.3) is 11.4 Å². The fourth-order valence-electron chi connectivity index (χ4n) is 4.02. The molecule has 0 atom stereocenters. The van der Waals surface area contributed by atoms with Gasteiger partial charge >= 0.3 is 0 Å². The third-order valence-corrected chi connectivity index (χ3v) is 5.76. The minimum absolute atomic E-state index is 1.12. The molecule has 0 aliphatic rings. The van der Waals surface area contributed by atoms with Crippen molar-refractivity contribution >= 4 is 0 Å². The molecule has 0 unspecified atom stereocenters. The lowest BCUT2D eigenvalue weighted by Gasteiger charge is -2.06. The fourth-order valence-corrected chi connectivity index (χ4v) is 4.02. The van der Waals surface area contributed by atoms with Gasteiger partial charge in [0.1, 0.15) is 12.4 Å². The Hall–Kier alpha value is -1.57. The average Bonchev–Trinajstić information content (AvgIpc) is 3.13. The molecule has 0 spiro atoms. The number of aryl methyl sites for hydroxylation is 2. The number of aromatic nitrogens is 2. The van der Waals surface area contributed by atoms with Crippen molar-refractivity contribution in [2.45, 2.75) is 110 Å². The van der Waals surface area contributed by atoms with Gasteiger partial charge in [-0.05, 0) is 31.4 Å². The van der Waals surface area contributed by atoms with Crippen molar-refractivity contribution in [3.8, 4) is 11.4 Å². The van der Waals surface area contributed by atoms with Crippen LogP contribution in [-0.2, 0) is 13.1 Å². The minimum atomic E-state index is 1.12. The van der Waals surface area contributed by atoms with Crippen LogP contribution >= 0.6 is 0 Å². The van der Waals surface area contributed by atoms with Gasteiger partial charge in [-0.25, -0.2) is 9.13 Å². The zero-order valence-corrected chi connectivity index (χ0v) is 18.5. The molecule has 0 aliphatic heterocycles. The summed E-state index contributed by atoms with van der Waals surface area (Å²) in [5.74, 6) is 1.38. The highest BCUT2D eigenvalue weighted by Crippen LogP contribution is 2.17. The number of imidazole rings is 1. The third-order valence-electron chi connectivity index (χ3n) is 5.76. The normalized spacial score (nSPS) is 11.2. The summed E-state index contributed by atoms with van der Waals surface area (Å²) in [6, 6.07) is 10.9. The number of benzene rings is 1. The molecule has 2 heteroatoms. The lowest BCUT2D eigenvalue weighted by Crippen LogP contribution is -2.34. The summed E-state index contributed by atoms with van der Waals surface area (Å²) >= 11 is 0. The first-order valence-corrected chi connectivity index (χ1v) is 12.0. The number of hydrogen-bond acceptors (Lipinski definition) is 0. The smallest absolute Gasteiger partial charge is 0.230 e. The third kappa shape index (κ3) is 8.20. The van der Waals surface area contributed by atoms with Crippen molar-refractivity contribution in [2.75, 3.05) is 0 Å². The number of unbranched alkanes of at least 4 members (excludes halogenated alkanes) is 11. The Bertz CT molecular complexity index is 615. The summed E-state index contributed by atoms with van der Waals surface area (Å²) < 4.78 is 4.91. The Morgan fingerprint density at radius 1 is 0.679 bits per heavy atom. The molecule has 2 rings (SSSR count). The van der Waals surface area contributed by atoms with Crippen LogP contribution in [0.3, 0.4) is 0 Å². The minimum Gasteiger partial charge on any atom is -0.230 e. The quantitative estimate of drug-likeness (QED) is 0.209. The van der Waals surface area contributed by atoms with E-state index >= 15 is 0 Å². The SMILES string of the molecule is CCCCCCCCCCCCCn1cc[n+](CCCC)c1-c1ccccc1. The lowest BCUT2D eigenvalue weighted by molar-refractivity contribution is -0.686. The Morgan fingerprint density at radius 3 is 1.86 bits per heavy atom. The van der Waals surface area contributed by atoms with Gasteiger partial charge in [0.15, 0.2) is 0 Å². The van der Waals surface area contributed by atoms with Gasteiger partial charge in [0, 0.05) is 0 Å². The Labute approximate surface area is 174 Å². The van der Waals surface area contributed by atoms with E-state index in [4.69, 9.17) is 0 Å². The van der Waals surface area contributed by atoms with Gasteiger partial charge < -0.3 is 0 Å². The summed E-state index contributed by atoms with van der Waals surface area (Å²) in [4.78, 5) is 0. The molecule has 0 amide bonds. The van der Waals surface area contributed by atoms with Crippen LogP contribution in [0.1, 0.15) is 97.3 Å². The predicted molar refractivity (Wildman–Crippen MR) is 121 cm³/mol. The van der Waals surface area contributed by atoms with Crippen molar-refractivity contribution in [3.63, 3.8) is 0 Å². The van der Waals surface area contributed by atoms with Crippen LogP contribution in [0.2, 0.25) is 0 Å². The van der Waals surface area contributed by atoms with E-state index in [9.17, 15) is 0 Å². The van der Waals surface area contributed by atoms with Crippen LogP contribution in [0.15, 0.2) is 42.7 Å². The molecule has 0 aliphatic carbocycles. The first kappa shape index (κ1) is 22.7. The predicted octanol–water partition coefficient (Wildman–Crippen LogP) is 7.55. The molecule has 0 saturated carbocycles. The van der Waals surface area contributed by atoms with Crippen molar-refractivity contribution in [1.82, 2.24) is 4.57 Å². The van der Waals surface area contributed by atoms with Gasteiger partial charge in [0.05, 0.1) is 18.7 Å². The second-order valence-corrected chi connectivity index (χ2v) is 8.26. The Kier molecular flexibility index (Phi) is 11.7. The van der Waals surface area contributed by atoms with E-state index in [1.165, 1.54) is 94.9 Å². The second-order valence-electron chi connectivity index (χ2n) is 8.26. The molecule has 0 radical (unpaired) electrons. The van der Waals surface area contributed by atoms with Gasteiger partial charge in [-0.3, -0.25) is 0 Å². The molecule has 1 heterocycles. The van der Waals surface area contributed by atoms with Gasteiger partial charge in [-0.2, -0.15) is 0 Å². The van der Waals surface area contributed by atoms with Crippen molar-refractivity contribution < 1.29 is 4.57 Å². The van der Waals surface area contributed by atoms with E-state index in [0.717, 1.165) is 13.1 Å². The van der Waals surface area contributed by atoms with Crippen molar-refractivity contribution in [3.05, 3.63) is 42.7 Å². The highest BCUT2D eigenvalue weighted by Gasteiger charge is 2.18. The molecule has 2 aromatic rings. The maximum Gasteiger partial charge on any atom is 0.288 e. The highest BCUT2D eigenvalue weighted by atomic mass is 15.1. The van der Waals surface area contributed by atoms with Gasteiger partial charge in [0.2, 0.25) is 0 Å². The first-order valence-electron chi connectivity index (χ1n) is 12.0. The summed E-state index contributed by atoms with van der Waals surface area (Å²) in [7, 11) is 0. The molecule has 2 nitrogen and oxygen atoms in total. The van der Waals surface area contributed by atoms with Gasteiger partial charge in [-0.15, -0.1) is 0 Å². The second kappa shape index (κ2) is 14.4. The summed E-state index contributed by atoms with van der Waals surface area (Å²) in [6.07, 6.45) is 22.5. The van der Waals surface area contributed by atoms with E-state index in [2.05, 4.69) is 65.7 Å². The van der Waals surface area contributed by atoms with Crippen LogP contribution in [0.4, 0.5) is 0 Å². The molecular formula is C26H43N2+. The van der Waals surface area contributed by atoms with Crippen LogP contribution in [0.5, 0.6) is 0 Å². The lowest BCUT2D eigenvalue weighted by atomic mass is 10.1. The Morgan fingerprint density at radius 2 is 1.25 bits per heavy atom. The molecule has 28 heavy (non-hydrogen) atoms. The zero-order valence-electron chi connectivity index (χ0n) is 18.5. The Balaban J connectivity index is 1.71. The number of rotatable bonds is 16. The van der Waals surface area contributed by atoms with E-state index in [1.807, 2.05) is 0 Å². The zero-order chi connectivity index (χ0) is 19.9. The maximum atomic E-state index is 2.47. The number of nitrogens with zero attached hydrogens (tertiary/aromatic N) is 2. The van der Waals surface area contributed by atoms with Crippen LogP contribution in [0, 0.1) is 0 Å².